The predicted molar refractivity (Wildman–Crippen MR) is 128 cm³/mol. The summed E-state index contributed by atoms with van der Waals surface area (Å²) in [5, 5.41) is 0.570. The highest BCUT2D eigenvalue weighted by Gasteiger charge is 2.13. The van der Waals surface area contributed by atoms with Crippen molar-refractivity contribution in [3.05, 3.63) is 82.0 Å². The Balaban J connectivity index is 1.58. The third-order valence-corrected chi connectivity index (χ3v) is 5.35. The van der Waals surface area contributed by atoms with Crippen molar-refractivity contribution in [2.45, 2.75) is 46.4 Å². The molecule has 0 aliphatic carbocycles. The van der Waals surface area contributed by atoms with Crippen molar-refractivity contribution >= 4 is 11.6 Å². The zero-order valence-corrected chi connectivity index (χ0v) is 19.7. The fourth-order valence-corrected chi connectivity index (χ4v) is 3.61. The first-order valence-corrected chi connectivity index (χ1v) is 11.2. The minimum absolute atomic E-state index is 0.176. The van der Waals surface area contributed by atoms with Crippen LogP contribution in [-0.2, 0) is 6.61 Å². The molecule has 0 amide bonds. The van der Waals surface area contributed by atoms with Gasteiger partial charge in [-0.1, -0.05) is 11.6 Å². The average molecular weight is 456 g/mol. The highest BCUT2D eigenvalue weighted by atomic mass is 35.5. The third kappa shape index (κ3) is 6.58. The van der Waals surface area contributed by atoms with Crippen LogP contribution in [-0.4, -0.2) is 39.7 Å². The predicted octanol–water partition coefficient (Wildman–Crippen LogP) is 4.96. The van der Waals surface area contributed by atoms with Crippen LogP contribution in [0.2, 0.25) is 5.02 Å². The van der Waals surface area contributed by atoms with Gasteiger partial charge >= 0.3 is 0 Å². The maximum absolute atomic E-state index is 12.6. The molecule has 0 fully saturated rings. The van der Waals surface area contributed by atoms with E-state index in [-0.39, 0.29) is 12.2 Å². The molecule has 6 nitrogen and oxygen atoms in total. The van der Waals surface area contributed by atoms with E-state index in [1.54, 1.807) is 35.2 Å². The summed E-state index contributed by atoms with van der Waals surface area (Å²) in [4.78, 5) is 19.1. The lowest BCUT2D eigenvalue weighted by Gasteiger charge is -2.30. The fraction of sp³-hybridized carbons (Fsp3) is 0.360. The van der Waals surface area contributed by atoms with Gasteiger partial charge in [-0.15, -0.1) is 0 Å². The molecule has 0 aliphatic heterocycles. The molecule has 2 heterocycles. The van der Waals surface area contributed by atoms with Crippen LogP contribution in [0.1, 0.15) is 33.4 Å². The quantitative estimate of drug-likeness (QED) is 0.432. The smallest absolute Gasteiger partial charge is 0.258 e. The minimum Gasteiger partial charge on any atom is -0.492 e. The highest BCUT2D eigenvalue weighted by Crippen LogP contribution is 2.17. The van der Waals surface area contributed by atoms with E-state index in [4.69, 9.17) is 21.1 Å². The van der Waals surface area contributed by atoms with Crippen molar-refractivity contribution in [2.75, 3.05) is 13.2 Å². The number of pyridine rings is 2. The van der Waals surface area contributed by atoms with Gasteiger partial charge in [-0.05, 0) is 70.2 Å². The fourth-order valence-electron chi connectivity index (χ4n) is 3.50. The van der Waals surface area contributed by atoms with E-state index < -0.39 is 0 Å². The monoisotopic (exact) mass is 455 g/mol. The second kappa shape index (κ2) is 11.2. The lowest BCUT2D eigenvalue weighted by Crippen LogP contribution is -2.39. The molecule has 0 spiro atoms. The van der Waals surface area contributed by atoms with Crippen LogP contribution < -0.4 is 15.0 Å². The summed E-state index contributed by atoms with van der Waals surface area (Å²) in [6.45, 7) is 10.5. The molecule has 0 aliphatic rings. The lowest BCUT2D eigenvalue weighted by molar-refractivity contribution is 0.142. The largest absolute Gasteiger partial charge is 0.492 e. The molecule has 170 valence electrons. The van der Waals surface area contributed by atoms with Gasteiger partial charge < -0.3 is 9.47 Å². The third-order valence-electron chi connectivity index (χ3n) is 5.13. The van der Waals surface area contributed by atoms with Gasteiger partial charge in [-0.25, -0.2) is 0 Å². The Morgan fingerprint density at radius 2 is 1.69 bits per heavy atom. The lowest BCUT2D eigenvalue weighted by atomic mass is 10.2. The molecule has 0 saturated heterocycles. The number of halogens is 1. The summed E-state index contributed by atoms with van der Waals surface area (Å²) < 4.78 is 13.1. The number of nitrogens with zero attached hydrogens (tertiary/aromatic N) is 3. The van der Waals surface area contributed by atoms with Crippen molar-refractivity contribution in [3.63, 3.8) is 0 Å². The van der Waals surface area contributed by atoms with Crippen LogP contribution in [0.25, 0.3) is 5.69 Å². The summed E-state index contributed by atoms with van der Waals surface area (Å²) >= 11 is 5.84. The maximum Gasteiger partial charge on any atom is 0.258 e. The topological polar surface area (TPSA) is 56.6 Å². The molecule has 1 aromatic carbocycles. The van der Waals surface area contributed by atoms with E-state index in [0.29, 0.717) is 29.5 Å². The SMILES string of the molecule is CC(C)N(CCOc1ccc(-n2ccc(OCc3ccc(Cl)cn3)cc2=O)cc1)C(C)C. The van der Waals surface area contributed by atoms with Crippen molar-refractivity contribution < 1.29 is 9.47 Å². The van der Waals surface area contributed by atoms with Crippen LogP contribution in [0.4, 0.5) is 0 Å². The maximum atomic E-state index is 12.6. The first-order chi connectivity index (χ1) is 15.3. The molecular weight excluding hydrogens is 426 g/mol. The Hall–Kier alpha value is -2.83. The summed E-state index contributed by atoms with van der Waals surface area (Å²) in [7, 11) is 0. The average Bonchev–Trinajstić information content (AvgIpc) is 2.76. The number of hydrogen-bond donors (Lipinski definition) is 0. The summed E-state index contributed by atoms with van der Waals surface area (Å²) in [5.74, 6) is 1.27. The Kier molecular flexibility index (Phi) is 8.31. The zero-order valence-electron chi connectivity index (χ0n) is 19.0. The summed E-state index contributed by atoms with van der Waals surface area (Å²) in [6, 6.07) is 15.2. The van der Waals surface area contributed by atoms with E-state index in [1.165, 1.54) is 6.07 Å². The molecule has 0 saturated carbocycles. The van der Waals surface area contributed by atoms with Gasteiger partial charge in [0.15, 0.2) is 0 Å². The van der Waals surface area contributed by atoms with Gasteiger partial charge in [0.25, 0.3) is 5.56 Å². The second-order valence-electron chi connectivity index (χ2n) is 8.09. The van der Waals surface area contributed by atoms with Crippen LogP contribution in [0, 0.1) is 0 Å². The van der Waals surface area contributed by atoms with Crippen LogP contribution in [0.3, 0.4) is 0 Å². The van der Waals surface area contributed by atoms with Crippen molar-refractivity contribution in [2.24, 2.45) is 0 Å². The Morgan fingerprint density at radius 1 is 0.969 bits per heavy atom. The van der Waals surface area contributed by atoms with E-state index in [9.17, 15) is 4.79 Å². The highest BCUT2D eigenvalue weighted by molar-refractivity contribution is 6.30. The van der Waals surface area contributed by atoms with Gasteiger partial charge in [0.05, 0.1) is 10.7 Å². The molecule has 3 rings (SSSR count). The first-order valence-electron chi connectivity index (χ1n) is 10.8. The molecule has 0 radical (unpaired) electrons. The summed E-state index contributed by atoms with van der Waals surface area (Å²) in [6.07, 6.45) is 3.27. The Labute approximate surface area is 194 Å². The van der Waals surface area contributed by atoms with Crippen molar-refractivity contribution in [1.82, 2.24) is 14.5 Å². The number of benzene rings is 1. The molecular formula is C25H30ClN3O3. The molecule has 32 heavy (non-hydrogen) atoms. The van der Waals surface area contributed by atoms with E-state index in [0.717, 1.165) is 23.7 Å². The van der Waals surface area contributed by atoms with Gasteiger partial charge in [-0.3, -0.25) is 19.2 Å². The molecule has 0 N–H and O–H groups in total. The van der Waals surface area contributed by atoms with Crippen LogP contribution >= 0.6 is 11.6 Å². The van der Waals surface area contributed by atoms with Gasteiger partial charge in [-0.2, -0.15) is 0 Å². The van der Waals surface area contributed by atoms with E-state index in [1.807, 2.05) is 24.3 Å². The van der Waals surface area contributed by atoms with E-state index >= 15 is 0 Å². The standard InChI is InChI=1S/C25H30ClN3O3/c1-18(2)28(19(3)4)13-14-31-23-9-7-22(8-10-23)29-12-11-24(15-25(29)30)32-17-21-6-5-20(26)16-27-21/h5-12,15-16,18-19H,13-14,17H2,1-4H3. The van der Waals surface area contributed by atoms with E-state index in [2.05, 4.69) is 37.6 Å². The Morgan fingerprint density at radius 3 is 2.28 bits per heavy atom. The second-order valence-corrected chi connectivity index (χ2v) is 8.53. The molecule has 0 atom stereocenters. The zero-order chi connectivity index (χ0) is 23.1. The van der Waals surface area contributed by atoms with Gasteiger partial charge in [0, 0.05) is 42.8 Å². The number of aromatic nitrogens is 2. The van der Waals surface area contributed by atoms with Crippen molar-refractivity contribution in [1.29, 1.82) is 0 Å². The first kappa shape index (κ1) is 23.8. The normalized spacial score (nSPS) is 11.4. The molecule has 3 aromatic rings. The molecule has 7 heteroatoms. The molecule has 2 aromatic heterocycles. The number of hydrogen-bond acceptors (Lipinski definition) is 5. The van der Waals surface area contributed by atoms with Crippen molar-refractivity contribution in [3.8, 4) is 17.2 Å². The van der Waals surface area contributed by atoms with Gasteiger partial charge in [0.1, 0.15) is 24.7 Å². The molecule has 0 unspecified atom stereocenters. The number of ether oxygens (including phenoxy) is 2. The molecule has 0 bridgehead atoms. The minimum atomic E-state index is -0.176. The van der Waals surface area contributed by atoms with Gasteiger partial charge in [0.2, 0.25) is 0 Å². The summed E-state index contributed by atoms with van der Waals surface area (Å²) in [5.41, 5.74) is 1.32. The van der Waals surface area contributed by atoms with Crippen LogP contribution in [0.5, 0.6) is 11.5 Å². The number of rotatable bonds is 10. The van der Waals surface area contributed by atoms with Crippen LogP contribution in [0.15, 0.2) is 65.7 Å². The Bertz CT molecular complexity index is 1040.